The second-order valence-corrected chi connectivity index (χ2v) is 4.50. The number of methoxy groups -OCH3 is 1. The van der Waals surface area contributed by atoms with Crippen LogP contribution in [0.2, 0.25) is 0 Å². The van der Waals surface area contributed by atoms with Gasteiger partial charge in [-0.05, 0) is 31.2 Å². The molecule has 5 nitrogen and oxygen atoms in total. The second-order valence-electron chi connectivity index (χ2n) is 4.50. The van der Waals surface area contributed by atoms with Crippen LogP contribution in [0, 0.1) is 12.3 Å². The number of para-hydroxylation sites is 2. The summed E-state index contributed by atoms with van der Waals surface area (Å²) in [5, 5.41) is 7.56. The molecular weight excluding hydrogens is 252 g/mol. The lowest BCUT2D eigenvalue weighted by Gasteiger charge is -2.21. The number of nitrogens with zero attached hydrogens (tertiary/aromatic N) is 2. The molecule has 0 amide bonds. The highest BCUT2D eigenvalue weighted by Crippen LogP contribution is 2.31. The number of hydrogen-bond donors (Lipinski definition) is 2. The molecule has 0 atom stereocenters. The van der Waals surface area contributed by atoms with Crippen LogP contribution in [0.3, 0.4) is 0 Å². The van der Waals surface area contributed by atoms with Crippen molar-refractivity contribution >= 4 is 17.3 Å². The fourth-order valence-corrected chi connectivity index (χ4v) is 2.01. The summed E-state index contributed by atoms with van der Waals surface area (Å²) in [4.78, 5) is 6.40. The molecule has 1 heterocycles. The number of ether oxygens (including phenoxy) is 1. The highest BCUT2D eigenvalue weighted by molar-refractivity contribution is 5.95. The third-order valence-electron chi connectivity index (χ3n) is 3.04. The normalized spacial score (nSPS) is 10.2. The first-order valence-electron chi connectivity index (χ1n) is 6.22. The van der Waals surface area contributed by atoms with E-state index >= 15 is 0 Å². The minimum atomic E-state index is 0.0326. The summed E-state index contributed by atoms with van der Waals surface area (Å²) >= 11 is 0. The molecule has 2 aromatic rings. The van der Waals surface area contributed by atoms with E-state index in [1.54, 1.807) is 19.2 Å². The van der Waals surface area contributed by atoms with Crippen LogP contribution in [0.5, 0.6) is 5.75 Å². The van der Waals surface area contributed by atoms with Gasteiger partial charge in [0.15, 0.2) is 0 Å². The molecule has 5 heteroatoms. The van der Waals surface area contributed by atoms with Crippen molar-refractivity contribution in [1.82, 2.24) is 4.98 Å². The lowest BCUT2D eigenvalue weighted by atomic mass is 10.2. The third-order valence-corrected chi connectivity index (χ3v) is 3.04. The first-order chi connectivity index (χ1) is 9.52. The molecule has 0 fully saturated rings. The van der Waals surface area contributed by atoms with E-state index in [4.69, 9.17) is 15.9 Å². The van der Waals surface area contributed by atoms with Crippen molar-refractivity contribution in [1.29, 1.82) is 5.41 Å². The lowest BCUT2D eigenvalue weighted by Crippen LogP contribution is -2.16. The van der Waals surface area contributed by atoms with Crippen LogP contribution in [0.1, 0.15) is 11.3 Å². The van der Waals surface area contributed by atoms with Crippen LogP contribution in [0.25, 0.3) is 0 Å². The Morgan fingerprint density at radius 2 is 2.00 bits per heavy atom. The lowest BCUT2D eigenvalue weighted by molar-refractivity contribution is 0.415. The zero-order valence-corrected chi connectivity index (χ0v) is 11.8. The first kappa shape index (κ1) is 13.9. The van der Waals surface area contributed by atoms with Crippen LogP contribution in [-0.2, 0) is 0 Å². The molecule has 104 valence electrons. The first-order valence-corrected chi connectivity index (χ1v) is 6.22. The number of pyridine rings is 1. The van der Waals surface area contributed by atoms with Crippen molar-refractivity contribution in [3.05, 3.63) is 47.7 Å². The maximum atomic E-state index is 7.56. The van der Waals surface area contributed by atoms with Crippen LogP contribution in [0.15, 0.2) is 36.4 Å². The standard InChI is InChI=1S/C15H18N4O/c1-10-8-11(15(16)17)9-14(18-10)19(2)12-6-4-5-7-13(12)20-3/h4-9H,1-3H3,(H3,16,17). The number of nitrogens with two attached hydrogens (primary N) is 1. The van der Waals surface area contributed by atoms with E-state index < -0.39 is 0 Å². The Hall–Kier alpha value is -2.56. The summed E-state index contributed by atoms with van der Waals surface area (Å²) < 4.78 is 5.36. The van der Waals surface area contributed by atoms with Crippen molar-refractivity contribution in [2.45, 2.75) is 6.92 Å². The molecule has 1 aromatic heterocycles. The monoisotopic (exact) mass is 270 g/mol. The Morgan fingerprint density at radius 3 is 2.65 bits per heavy atom. The Morgan fingerprint density at radius 1 is 1.30 bits per heavy atom. The fraction of sp³-hybridized carbons (Fsp3) is 0.200. The predicted octanol–water partition coefficient (Wildman–Crippen LogP) is 2.45. The Balaban J connectivity index is 2.47. The Labute approximate surface area is 118 Å². The van der Waals surface area contributed by atoms with E-state index in [0.717, 1.165) is 22.9 Å². The predicted molar refractivity (Wildman–Crippen MR) is 81.0 cm³/mol. The van der Waals surface area contributed by atoms with E-state index in [9.17, 15) is 0 Å². The van der Waals surface area contributed by atoms with Crippen LogP contribution < -0.4 is 15.4 Å². The zero-order chi connectivity index (χ0) is 14.7. The summed E-state index contributed by atoms with van der Waals surface area (Å²) in [5.41, 5.74) is 7.94. The number of benzene rings is 1. The van der Waals surface area contributed by atoms with Gasteiger partial charge in [0.2, 0.25) is 0 Å². The molecule has 0 saturated heterocycles. The van der Waals surface area contributed by atoms with E-state index in [-0.39, 0.29) is 5.84 Å². The number of nitrogens with one attached hydrogen (secondary N) is 1. The smallest absolute Gasteiger partial charge is 0.142 e. The Kier molecular flexibility index (Phi) is 3.89. The summed E-state index contributed by atoms with van der Waals surface area (Å²) in [6.07, 6.45) is 0. The summed E-state index contributed by atoms with van der Waals surface area (Å²) in [7, 11) is 3.54. The molecule has 20 heavy (non-hydrogen) atoms. The number of aromatic nitrogens is 1. The van der Waals surface area contributed by atoms with Crippen molar-refractivity contribution < 1.29 is 4.74 Å². The number of hydrogen-bond acceptors (Lipinski definition) is 4. The van der Waals surface area contributed by atoms with E-state index in [1.807, 2.05) is 43.1 Å². The molecule has 0 radical (unpaired) electrons. The van der Waals surface area contributed by atoms with Gasteiger partial charge < -0.3 is 15.4 Å². The van der Waals surface area contributed by atoms with Crippen molar-refractivity contribution in [3.8, 4) is 5.75 Å². The summed E-state index contributed by atoms with van der Waals surface area (Å²) in [5.74, 6) is 1.52. The molecule has 0 bridgehead atoms. The summed E-state index contributed by atoms with van der Waals surface area (Å²) in [6, 6.07) is 11.3. The van der Waals surface area contributed by atoms with Crippen LogP contribution >= 0.6 is 0 Å². The minimum absolute atomic E-state index is 0.0326. The largest absolute Gasteiger partial charge is 0.495 e. The maximum absolute atomic E-state index is 7.56. The van der Waals surface area contributed by atoms with Gasteiger partial charge in [-0.3, -0.25) is 5.41 Å². The van der Waals surface area contributed by atoms with Crippen molar-refractivity contribution in [2.24, 2.45) is 5.73 Å². The van der Waals surface area contributed by atoms with Gasteiger partial charge in [-0.1, -0.05) is 12.1 Å². The molecule has 0 spiro atoms. The Bertz CT molecular complexity index is 640. The van der Waals surface area contributed by atoms with Gasteiger partial charge >= 0.3 is 0 Å². The molecular formula is C15H18N4O. The van der Waals surface area contributed by atoms with Crippen molar-refractivity contribution in [2.75, 3.05) is 19.1 Å². The average Bonchev–Trinajstić information content (AvgIpc) is 2.45. The molecule has 1 aromatic carbocycles. The third kappa shape index (κ3) is 2.71. The summed E-state index contributed by atoms with van der Waals surface area (Å²) in [6.45, 7) is 1.88. The van der Waals surface area contributed by atoms with Gasteiger partial charge in [0.25, 0.3) is 0 Å². The quantitative estimate of drug-likeness (QED) is 0.661. The average molecular weight is 270 g/mol. The van der Waals surface area contributed by atoms with E-state index in [2.05, 4.69) is 4.98 Å². The number of nitrogen functional groups attached to an aromatic ring is 1. The molecule has 0 saturated carbocycles. The molecule has 0 aliphatic rings. The number of amidine groups is 1. The van der Waals surface area contributed by atoms with Gasteiger partial charge in [-0.2, -0.15) is 0 Å². The van der Waals surface area contributed by atoms with Gasteiger partial charge in [-0.15, -0.1) is 0 Å². The van der Waals surface area contributed by atoms with Crippen LogP contribution in [-0.4, -0.2) is 25.0 Å². The maximum Gasteiger partial charge on any atom is 0.142 e. The van der Waals surface area contributed by atoms with Gasteiger partial charge in [0.1, 0.15) is 17.4 Å². The highest BCUT2D eigenvalue weighted by atomic mass is 16.5. The van der Waals surface area contributed by atoms with E-state index in [1.165, 1.54) is 0 Å². The second kappa shape index (κ2) is 5.61. The van der Waals surface area contributed by atoms with Gasteiger partial charge in [0.05, 0.1) is 12.8 Å². The van der Waals surface area contributed by atoms with Gasteiger partial charge in [-0.25, -0.2) is 4.98 Å². The minimum Gasteiger partial charge on any atom is -0.495 e. The molecule has 0 unspecified atom stereocenters. The number of anilines is 2. The SMILES string of the molecule is COc1ccccc1N(C)c1cc(C(=N)N)cc(C)n1. The zero-order valence-electron chi connectivity index (χ0n) is 11.8. The molecule has 0 aliphatic heterocycles. The van der Waals surface area contributed by atoms with Crippen LogP contribution in [0.4, 0.5) is 11.5 Å². The van der Waals surface area contributed by atoms with Crippen molar-refractivity contribution in [3.63, 3.8) is 0 Å². The molecule has 0 aliphatic carbocycles. The van der Waals surface area contributed by atoms with Gasteiger partial charge in [0, 0.05) is 18.3 Å². The highest BCUT2D eigenvalue weighted by Gasteiger charge is 2.12. The molecule has 3 N–H and O–H groups in total. The van der Waals surface area contributed by atoms with E-state index in [0.29, 0.717) is 5.56 Å². The topological polar surface area (TPSA) is 75.2 Å². The fourth-order valence-electron chi connectivity index (χ4n) is 2.01. The molecule has 2 rings (SSSR count). The number of rotatable bonds is 4. The number of aryl methyl sites for hydroxylation is 1.